The van der Waals surface area contributed by atoms with Gasteiger partial charge in [-0.25, -0.2) is 0 Å². The van der Waals surface area contributed by atoms with E-state index < -0.39 is 0 Å². The fourth-order valence-corrected chi connectivity index (χ4v) is 4.07. The number of aromatic nitrogens is 1. The average Bonchev–Trinajstić information content (AvgIpc) is 3.13. The molecule has 0 aliphatic carbocycles. The normalized spacial score (nSPS) is 16.7. The van der Waals surface area contributed by atoms with E-state index in [2.05, 4.69) is 0 Å². The fraction of sp³-hybridized carbons (Fsp3) is 0.455. The molecule has 3 rings (SSSR count). The first-order chi connectivity index (χ1) is 12.9. The zero-order valence-electron chi connectivity index (χ0n) is 16.4. The van der Waals surface area contributed by atoms with Gasteiger partial charge >= 0.3 is 0 Å². The second-order valence-electron chi connectivity index (χ2n) is 7.49. The monoisotopic (exact) mass is 368 g/mol. The predicted molar refractivity (Wildman–Crippen MR) is 106 cm³/mol. The van der Waals surface area contributed by atoms with Gasteiger partial charge in [-0.2, -0.15) is 0 Å². The molecule has 0 radical (unpaired) electrons. The van der Waals surface area contributed by atoms with Crippen LogP contribution in [-0.4, -0.2) is 33.6 Å². The van der Waals surface area contributed by atoms with E-state index in [9.17, 15) is 9.59 Å². The number of hydrogen-bond acceptors (Lipinski definition) is 3. The number of benzene rings is 1. The van der Waals surface area contributed by atoms with Crippen LogP contribution in [0.2, 0.25) is 0 Å². The Morgan fingerprint density at radius 1 is 1.22 bits per heavy atom. The number of nitrogens with zero attached hydrogens (tertiary/aromatic N) is 2. The smallest absolute Gasteiger partial charge is 0.263 e. The van der Waals surface area contributed by atoms with E-state index in [0.717, 1.165) is 36.1 Å². The molecule has 5 nitrogen and oxygen atoms in total. The number of pyridine rings is 1. The van der Waals surface area contributed by atoms with Crippen LogP contribution in [0, 0.1) is 12.8 Å². The molecule has 1 aromatic heterocycles. The number of carbonyl (C=O) groups excluding carboxylic acids is 1. The van der Waals surface area contributed by atoms with Gasteiger partial charge in [0, 0.05) is 25.8 Å². The highest BCUT2D eigenvalue weighted by Gasteiger charge is 2.29. The van der Waals surface area contributed by atoms with E-state index in [1.54, 1.807) is 17.7 Å². The Labute approximate surface area is 160 Å². The second-order valence-corrected chi connectivity index (χ2v) is 7.49. The second kappa shape index (κ2) is 8.09. The van der Waals surface area contributed by atoms with E-state index in [1.807, 2.05) is 43.0 Å². The van der Waals surface area contributed by atoms with Crippen LogP contribution >= 0.6 is 0 Å². The maximum absolute atomic E-state index is 12.9. The van der Waals surface area contributed by atoms with Crippen LogP contribution in [0.4, 0.5) is 0 Å². The number of aryl methyl sites for hydroxylation is 1. The minimum Gasteiger partial charge on any atom is -0.392 e. The molecule has 1 fully saturated rings. The lowest BCUT2D eigenvalue weighted by molar-refractivity contribution is 0.0784. The Bertz CT molecular complexity index is 884. The molecule has 1 saturated heterocycles. The fourth-order valence-electron chi connectivity index (χ4n) is 4.07. The number of carbonyl (C=O) groups is 1. The highest BCUT2D eigenvalue weighted by molar-refractivity contribution is 5.94. The van der Waals surface area contributed by atoms with E-state index in [-0.39, 0.29) is 23.6 Å². The summed E-state index contributed by atoms with van der Waals surface area (Å²) in [6.45, 7) is 5.39. The topological polar surface area (TPSA) is 62.5 Å². The van der Waals surface area contributed by atoms with Crippen molar-refractivity contribution in [3.05, 3.63) is 68.6 Å². The van der Waals surface area contributed by atoms with Crippen LogP contribution < -0.4 is 5.56 Å². The molecule has 0 bridgehead atoms. The van der Waals surface area contributed by atoms with Gasteiger partial charge in [0.15, 0.2) is 0 Å². The molecule has 1 amide bonds. The lowest BCUT2D eigenvalue weighted by Gasteiger charge is -2.18. The average molecular weight is 368 g/mol. The molecule has 27 heavy (non-hydrogen) atoms. The van der Waals surface area contributed by atoms with Crippen LogP contribution in [0.15, 0.2) is 35.1 Å². The Kier molecular flexibility index (Phi) is 5.80. The van der Waals surface area contributed by atoms with Gasteiger partial charge in [-0.1, -0.05) is 31.2 Å². The van der Waals surface area contributed by atoms with Crippen molar-refractivity contribution in [2.24, 2.45) is 13.0 Å². The molecule has 0 unspecified atom stereocenters. The third-order valence-electron chi connectivity index (χ3n) is 5.62. The van der Waals surface area contributed by atoms with Crippen LogP contribution in [0.3, 0.4) is 0 Å². The van der Waals surface area contributed by atoms with Crippen molar-refractivity contribution in [2.75, 3.05) is 13.1 Å². The molecule has 1 atom stereocenters. The molecule has 5 heteroatoms. The van der Waals surface area contributed by atoms with Gasteiger partial charge in [-0.05, 0) is 54.9 Å². The van der Waals surface area contributed by atoms with Crippen molar-refractivity contribution >= 4 is 5.91 Å². The van der Waals surface area contributed by atoms with Crippen LogP contribution in [-0.2, 0) is 26.5 Å². The molecular weight excluding hydrogens is 340 g/mol. The van der Waals surface area contributed by atoms with Crippen molar-refractivity contribution in [1.82, 2.24) is 9.47 Å². The minimum atomic E-state index is -0.203. The lowest BCUT2D eigenvalue weighted by Crippen LogP contribution is -2.36. The van der Waals surface area contributed by atoms with Crippen molar-refractivity contribution in [3.8, 4) is 0 Å². The van der Waals surface area contributed by atoms with Crippen molar-refractivity contribution < 1.29 is 9.90 Å². The molecule has 2 heterocycles. The highest BCUT2D eigenvalue weighted by atomic mass is 16.3. The van der Waals surface area contributed by atoms with E-state index in [0.29, 0.717) is 19.0 Å². The Morgan fingerprint density at radius 2 is 1.89 bits per heavy atom. The first kappa shape index (κ1) is 19.4. The van der Waals surface area contributed by atoms with Gasteiger partial charge in [-0.15, -0.1) is 0 Å². The van der Waals surface area contributed by atoms with Gasteiger partial charge in [0.1, 0.15) is 5.56 Å². The summed E-state index contributed by atoms with van der Waals surface area (Å²) in [5, 5.41) is 9.14. The highest BCUT2D eigenvalue weighted by Crippen LogP contribution is 2.23. The largest absolute Gasteiger partial charge is 0.392 e. The molecule has 1 aliphatic rings. The molecule has 1 aromatic carbocycles. The summed E-state index contributed by atoms with van der Waals surface area (Å²) in [5.41, 5.74) is 4.16. The number of hydrogen-bond donors (Lipinski definition) is 1. The van der Waals surface area contributed by atoms with Crippen molar-refractivity contribution in [2.45, 2.75) is 39.7 Å². The number of aliphatic hydroxyl groups excluding tert-OH is 1. The summed E-state index contributed by atoms with van der Waals surface area (Å²) in [4.78, 5) is 27.4. The zero-order valence-corrected chi connectivity index (χ0v) is 16.4. The van der Waals surface area contributed by atoms with Gasteiger partial charge in [0.05, 0.1) is 6.61 Å². The Balaban J connectivity index is 1.71. The minimum absolute atomic E-state index is 0.0528. The third-order valence-corrected chi connectivity index (χ3v) is 5.62. The molecule has 0 saturated carbocycles. The van der Waals surface area contributed by atoms with Crippen molar-refractivity contribution in [3.63, 3.8) is 0 Å². The molecule has 2 aromatic rings. The standard InChI is InChI=1S/C22H28N2O3/c1-4-20-15(2)11-19(21(26)23(20)3)22(27)24-10-9-18(13-24)12-16-5-7-17(14-25)8-6-16/h5-8,11,18,25H,4,9-10,12-14H2,1-3H3/t18-/m1/s1. The maximum Gasteiger partial charge on any atom is 0.263 e. The molecule has 144 valence electrons. The lowest BCUT2D eigenvalue weighted by atomic mass is 9.98. The number of likely N-dealkylation sites (tertiary alicyclic amines) is 1. The Morgan fingerprint density at radius 3 is 2.52 bits per heavy atom. The Hall–Kier alpha value is -2.40. The summed E-state index contributed by atoms with van der Waals surface area (Å²) < 4.78 is 1.61. The van der Waals surface area contributed by atoms with Gasteiger partial charge in [0.2, 0.25) is 0 Å². The number of amides is 1. The summed E-state index contributed by atoms with van der Waals surface area (Å²) in [7, 11) is 1.74. The first-order valence-corrected chi connectivity index (χ1v) is 9.62. The maximum atomic E-state index is 12.9. The van der Waals surface area contributed by atoms with Crippen LogP contribution in [0.5, 0.6) is 0 Å². The first-order valence-electron chi connectivity index (χ1n) is 9.62. The third kappa shape index (κ3) is 3.98. The molecular formula is C22H28N2O3. The van der Waals surface area contributed by atoms with Crippen LogP contribution in [0.1, 0.15) is 46.1 Å². The molecule has 0 spiro atoms. The van der Waals surface area contributed by atoms with E-state index in [4.69, 9.17) is 5.11 Å². The quantitative estimate of drug-likeness (QED) is 0.882. The van der Waals surface area contributed by atoms with Crippen LogP contribution in [0.25, 0.3) is 0 Å². The summed E-state index contributed by atoms with van der Waals surface area (Å²) in [6.07, 6.45) is 2.62. The molecule has 1 aliphatic heterocycles. The number of aliphatic hydroxyl groups is 1. The van der Waals surface area contributed by atoms with Crippen molar-refractivity contribution in [1.29, 1.82) is 0 Å². The van der Waals surface area contributed by atoms with Gasteiger partial charge in [-0.3, -0.25) is 9.59 Å². The zero-order chi connectivity index (χ0) is 19.6. The van der Waals surface area contributed by atoms with Gasteiger partial charge in [0.25, 0.3) is 11.5 Å². The SMILES string of the molecule is CCc1c(C)cc(C(=O)N2CC[C@H](Cc3ccc(CO)cc3)C2)c(=O)n1C. The van der Waals surface area contributed by atoms with Gasteiger partial charge < -0.3 is 14.6 Å². The number of rotatable bonds is 5. The van der Waals surface area contributed by atoms with E-state index >= 15 is 0 Å². The summed E-state index contributed by atoms with van der Waals surface area (Å²) in [5.74, 6) is 0.244. The van der Waals surface area contributed by atoms with E-state index in [1.165, 1.54) is 5.56 Å². The molecule has 1 N–H and O–H groups in total. The summed E-state index contributed by atoms with van der Waals surface area (Å²) in [6, 6.07) is 9.71. The predicted octanol–water partition coefficient (Wildman–Crippen LogP) is 2.45. The summed E-state index contributed by atoms with van der Waals surface area (Å²) >= 11 is 0.